The van der Waals surface area contributed by atoms with E-state index < -0.39 is 42.9 Å². The summed E-state index contributed by atoms with van der Waals surface area (Å²) in [5.41, 5.74) is 4.29. The molecule has 1 aliphatic carbocycles. The Hall–Kier alpha value is -3.66. The summed E-state index contributed by atoms with van der Waals surface area (Å²) in [6.45, 7) is -0.182. The molecule has 2 saturated heterocycles. The molecule has 5 rings (SSSR count). The maximum absolute atomic E-state index is 13.8. The number of hydrogen-bond acceptors (Lipinski definition) is 11. The van der Waals surface area contributed by atoms with Gasteiger partial charge in [0.05, 0.1) is 19.5 Å². The smallest absolute Gasteiger partial charge is 0.434 e. The molecule has 0 amide bonds. The molecule has 1 saturated carbocycles. The van der Waals surface area contributed by atoms with Crippen molar-refractivity contribution in [2.45, 2.75) is 50.0 Å². The number of anilines is 1. The summed E-state index contributed by atoms with van der Waals surface area (Å²) in [6, 6.07) is 0. The molecule has 2 aromatic heterocycles. The number of rotatable bonds is 1. The van der Waals surface area contributed by atoms with Gasteiger partial charge in [0, 0.05) is 6.42 Å². The number of nitrogen functional groups attached to an aromatic ring is 1. The molecule has 2 unspecified atom stereocenters. The van der Waals surface area contributed by atoms with E-state index in [9.17, 15) is 14.0 Å². The zero-order valence-electron chi connectivity index (χ0n) is 18.7. The Labute approximate surface area is 199 Å². The SMILES string of the molecule is C#C[C@@]12COC(=O)OCC3CCCCC3COC(=O)O[C@H]1C[C@H](n1cnc3c(N)nc(F)nc31)O2. The number of cyclic esters (lactones) is 3. The molecular formula is C22H24FN5O7. The summed E-state index contributed by atoms with van der Waals surface area (Å²) in [5, 5.41) is 0. The highest BCUT2D eigenvalue weighted by Gasteiger charge is 2.53. The summed E-state index contributed by atoms with van der Waals surface area (Å²) in [4.78, 5) is 36.3. The predicted octanol–water partition coefficient (Wildman–Crippen LogP) is 2.33. The van der Waals surface area contributed by atoms with Crippen molar-refractivity contribution in [3.8, 4) is 12.3 Å². The van der Waals surface area contributed by atoms with Crippen LogP contribution in [0.3, 0.4) is 0 Å². The van der Waals surface area contributed by atoms with Crippen LogP contribution in [0, 0.1) is 30.3 Å². The Morgan fingerprint density at radius 1 is 1.11 bits per heavy atom. The number of ether oxygens (including phenoxy) is 5. The minimum atomic E-state index is -1.67. The van der Waals surface area contributed by atoms with Crippen LogP contribution in [0.4, 0.5) is 19.8 Å². The van der Waals surface area contributed by atoms with Gasteiger partial charge >= 0.3 is 18.4 Å². The Morgan fingerprint density at radius 2 is 1.83 bits per heavy atom. The van der Waals surface area contributed by atoms with Crippen molar-refractivity contribution in [1.82, 2.24) is 19.5 Å². The van der Waals surface area contributed by atoms with E-state index in [1.165, 1.54) is 10.9 Å². The molecule has 4 heterocycles. The zero-order chi connectivity index (χ0) is 24.6. The molecule has 3 aliphatic rings. The molecule has 0 bridgehead atoms. The minimum Gasteiger partial charge on any atom is -0.434 e. The summed E-state index contributed by atoms with van der Waals surface area (Å²) >= 11 is 0. The zero-order valence-corrected chi connectivity index (χ0v) is 18.7. The standard InChI is InChI=1S/C22H24FN5O7/c1-2-22-10-33-20(29)31-8-12-5-3-4-6-13(12)9-32-21(30)34-14(22)7-15(35-22)28-11-25-16-17(24)26-19(23)27-18(16)28/h1,11-15H,3-10H2,(H2,24,26,27)/t12?,13?,14-,15+,22+/m0/s1. The first-order valence-corrected chi connectivity index (χ1v) is 11.3. The fraction of sp³-hybridized carbons (Fsp3) is 0.591. The first-order valence-electron chi connectivity index (χ1n) is 11.3. The van der Waals surface area contributed by atoms with Gasteiger partial charge in [-0.25, -0.2) is 14.6 Å². The average molecular weight is 489 g/mol. The summed E-state index contributed by atoms with van der Waals surface area (Å²) in [7, 11) is 0. The lowest BCUT2D eigenvalue weighted by Crippen LogP contribution is -2.45. The fourth-order valence-electron chi connectivity index (χ4n) is 4.90. The highest BCUT2D eigenvalue weighted by atomic mass is 19.1. The van der Waals surface area contributed by atoms with Crippen LogP contribution in [-0.2, 0) is 23.7 Å². The molecule has 13 heteroatoms. The number of halogens is 1. The van der Waals surface area contributed by atoms with Gasteiger partial charge in [0.2, 0.25) is 5.60 Å². The third-order valence-corrected chi connectivity index (χ3v) is 6.80. The number of nitrogens with zero attached hydrogens (tertiary/aromatic N) is 4. The number of aromatic nitrogens is 4. The van der Waals surface area contributed by atoms with Crippen LogP contribution in [0.15, 0.2) is 6.33 Å². The summed E-state index contributed by atoms with van der Waals surface area (Å²) in [5.74, 6) is 2.39. The molecule has 2 aliphatic heterocycles. The van der Waals surface area contributed by atoms with Gasteiger partial charge in [-0.15, -0.1) is 6.42 Å². The molecule has 0 spiro atoms. The first kappa shape index (κ1) is 23.1. The van der Waals surface area contributed by atoms with Crippen molar-refractivity contribution in [1.29, 1.82) is 0 Å². The van der Waals surface area contributed by atoms with E-state index in [2.05, 4.69) is 20.9 Å². The van der Waals surface area contributed by atoms with Gasteiger partial charge < -0.3 is 29.4 Å². The highest BCUT2D eigenvalue weighted by Crippen LogP contribution is 2.41. The van der Waals surface area contributed by atoms with E-state index in [1.807, 2.05) is 0 Å². The molecule has 12 nitrogen and oxygen atoms in total. The Balaban J connectivity index is 1.42. The largest absolute Gasteiger partial charge is 0.508 e. The van der Waals surface area contributed by atoms with Gasteiger partial charge in [-0.2, -0.15) is 14.4 Å². The van der Waals surface area contributed by atoms with Gasteiger partial charge in [0.15, 0.2) is 23.1 Å². The van der Waals surface area contributed by atoms with E-state index in [4.69, 9.17) is 35.8 Å². The molecule has 186 valence electrons. The second-order valence-electron chi connectivity index (χ2n) is 8.87. The maximum Gasteiger partial charge on any atom is 0.508 e. The quantitative estimate of drug-likeness (QED) is 0.357. The lowest BCUT2D eigenvalue weighted by atomic mass is 9.80. The van der Waals surface area contributed by atoms with Crippen molar-refractivity contribution in [3.63, 3.8) is 0 Å². The normalized spacial score (nSPS) is 31.8. The van der Waals surface area contributed by atoms with Gasteiger partial charge in [0.25, 0.3) is 0 Å². The number of carbonyl (C=O) groups is 2. The maximum atomic E-state index is 13.8. The lowest BCUT2D eigenvalue weighted by Gasteiger charge is -2.30. The second-order valence-corrected chi connectivity index (χ2v) is 8.87. The number of terminal acetylenes is 1. The molecule has 2 aromatic rings. The average Bonchev–Trinajstić information content (AvgIpc) is 3.42. The molecule has 35 heavy (non-hydrogen) atoms. The minimum absolute atomic E-state index is 0.0146. The Kier molecular flexibility index (Phi) is 6.06. The van der Waals surface area contributed by atoms with E-state index in [-0.39, 0.29) is 48.5 Å². The van der Waals surface area contributed by atoms with E-state index in [1.54, 1.807) is 0 Å². The van der Waals surface area contributed by atoms with Crippen LogP contribution >= 0.6 is 0 Å². The number of nitrogens with two attached hydrogens (primary N) is 1. The van der Waals surface area contributed by atoms with Crippen LogP contribution in [0.5, 0.6) is 0 Å². The molecule has 5 atom stereocenters. The van der Waals surface area contributed by atoms with Crippen LogP contribution < -0.4 is 5.73 Å². The lowest BCUT2D eigenvalue weighted by molar-refractivity contribution is -0.104. The van der Waals surface area contributed by atoms with Gasteiger partial charge in [0.1, 0.15) is 12.8 Å². The van der Waals surface area contributed by atoms with Crippen molar-refractivity contribution >= 4 is 29.3 Å². The van der Waals surface area contributed by atoms with Crippen molar-refractivity contribution < 1.29 is 37.7 Å². The van der Waals surface area contributed by atoms with Crippen molar-refractivity contribution in [3.05, 3.63) is 12.4 Å². The van der Waals surface area contributed by atoms with E-state index in [0.29, 0.717) is 0 Å². The molecular weight excluding hydrogens is 465 g/mol. The van der Waals surface area contributed by atoms with Crippen LogP contribution in [0.2, 0.25) is 0 Å². The van der Waals surface area contributed by atoms with Crippen molar-refractivity contribution in [2.75, 3.05) is 25.6 Å². The van der Waals surface area contributed by atoms with Gasteiger partial charge in [-0.1, -0.05) is 18.8 Å². The van der Waals surface area contributed by atoms with Crippen LogP contribution in [0.25, 0.3) is 11.2 Å². The summed E-state index contributed by atoms with van der Waals surface area (Å²) in [6.07, 6.45) is 5.99. The molecule has 0 aromatic carbocycles. The van der Waals surface area contributed by atoms with Gasteiger partial charge in [-0.05, 0) is 24.7 Å². The first-order chi connectivity index (χ1) is 16.9. The van der Waals surface area contributed by atoms with E-state index in [0.717, 1.165) is 25.7 Å². The van der Waals surface area contributed by atoms with Gasteiger partial charge in [-0.3, -0.25) is 4.57 Å². The second kappa shape index (κ2) is 9.18. The number of hydrogen-bond donors (Lipinski definition) is 1. The predicted molar refractivity (Wildman–Crippen MR) is 115 cm³/mol. The van der Waals surface area contributed by atoms with Crippen LogP contribution in [-0.4, -0.2) is 63.4 Å². The van der Waals surface area contributed by atoms with Crippen molar-refractivity contribution in [2.24, 2.45) is 11.8 Å². The number of fused-ring (bicyclic) bond motifs is 3. The summed E-state index contributed by atoms with van der Waals surface area (Å²) < 4.78 is 42.8. The number of imidazole rings is 1. The molecule has 3 fully saturated rings. The molecule has 2 N–H and O–H groups in total. The monoisotopic (exact) mass is 489 g/mol. The van der Waals surface area contributed by atoms with Crippen LogP contribution in [0.1, 0.15) is 38.3 Å². The molecule has 0 radical (unpaired) electrons. The third kappa shape index (κ3) is 4.41. The third-order valence-electron chi connectivity index (χ3n) is 6.80. The highest BCUT2D eigenvalue weighted by molar-refractivity contribution is 5.81. The fourth-order valence-corrected chi connectivity index (χ4v) is 4.90. The number of carbonyl (C=O) groups excluding carboxylic acids is 2. The Morgan fingerprint density at radius 3 is 2.54 bits per heavy atom. The topological polar surface area (TPSA) is 150 Å². The Bertz CT molecular complexity index is 1180. The van der Waals surface area contributed by atoms with E-state index >= 15 is 0 Å².